The van der Waals surface area contributed by atoms with Crippen LogP contribution in [0.4, 0.5) is 0 Å². The zero-order valence-corrected chi connectivity index (χ0v) is 46.5. The fourth-order valence-electron chi connectivity index (χ4n) is 8.94. The number of aliphatic hydroxyl groups excluding tert-OH is 11. The Morgan fingerprint density at radius 1 is 0.481 bits per heavy atom. The van der Waals surface area contributed by atoms with Crippen molar-refractivity contribution in [3.05, 3.63) is 109 Å². The minimum Gasteiger partial charge on any atom is -0.394 e. The minimum absolute atomic E-state index is 0.206. The van der Waals surface area contributed by atoms with Crippen molar-refractivity contribution in [3.63, 3.8) is 0 Å². The highest BCUT2D eigenvalue weighted by Crippen LogP contribution is 2.33. The van der Waals surface area contributed by atoms with Gasteiger partial charge in [0.25, 0.3) is 0 Å². The van der Waals surface area contributed by atoms with Crippen LogP contribution in [0.15, 0.2) is 109 Å². The average Bonchev–Trinajstić information content (AvgIpc) is 3.44. The third-order valence-corrected chi connectivity index (χ3v) is 13.6. The van der Waals surface area contributed by atoms with Crippen molar-refractivity contribution >= 4 is 5.91 Å². The summed E-state index contributed by atoms with van der Waals surface area (Å²) in [5.41, 5.74) is 0. The van der Waals surface area contributed by atoms with Crippen LogP contribution in [0.3, 0.4) is 0 Å². The van der Waals surface area contributed by atoms with E-state index in [1.165, 1.54) is 0 Å². The van der Waals surface area contributed by atoms with Crippen LogP contribution in [0.5, 0.6) is 0 Å². The Hall–Kier alpha value is -3.55. The second-order valence-electron chi connectivity index (χ2n) is 20.0. The van der Waals surface area contributed by atoms with Crippen molar-refractivity contribution < 1.29 is 89.4 Å². The van der Waals surface area contributed by atoms with Gasteiger partial charge in [0.1, 0.15) is 73.2 Å². The van der Waals surface area contributed by atoms with E-state index in [2.05, 4.69) is 103 Å². The number of carbonyl (C=O) groups is 1. The fourth-order valence-corrected chi connectivity index (χ4v) is 8.94. The maximum absolute atomic E-state index is 13.3. The Labute approximate surface area is 468 Å². The van der Waals surface area contributed by atoms with Gasteiger partial charge in [0.2, 0.25) is 5.91 Å². The van der Waals surface area contributed by atoms with Crippen LogP contribution in [-0.4, -0.2) is 193 Å². The number of hydrogen-bond donors (Lipinski definition) is 12. The van der Waals surface area contributed by atoms with Gasteiger partial charge < -0.3 is 89.9 Å². The molecule has 0 aromatic heterocycles. The summed E-state index contributed by atoms with van der Waals surface area (Å²) in [6.45, 7) is 1.28. The topological polar surface area (TPSA) is 307 Å². The van der Waals surface area contributed by atoms with Gasteiger partial charge >= 0.3 is 0 Å². The molecule has 19 heteroatoms. The molecule has 3 aliphatic rings. The van der Waals surface area contributed by atoms with Gasteiger partial charge in [-0.25, -0.2) is 0 Å². The van der Waals surface area contributed by atoms with Crippen LogP contribution < -0.4 is 5.32 Å². The summed E-state index contributed by atoms with van der Waals surface area (Å²) in [5.74, 6) is -0.315. The van der Waals surface area contributed by atoms with Crippen molar-refractivity contribution in [1.29, 1.82) is 0 Å². The number of carbonyl (C=O) groups excluding carboxylic acids is 1. The van der Waals surface area contributed by atoms with E-state index >= 15 is 0 Å². The zero-order chi connectivity index (χ0) is 57.6. The number of unbranched alkanes of at least 4 members (excludes halogenated alkanes) is 8. The number of amides is 1. The van der Waals surface area contributed by atoms with Crippen molar-refractivity contribution in [2.45, 2.75) is 234 Å². The van der Waals surface area contributed by atoms with Crippen LogP contribution in [0, 0.1) is 0 Å². The van der Waals surface area contributed by atoms with Crippen molar-refractivity contribution in [2.75, 3.05) is 26.4 Å². The normalized spacial score (nSPS) is 31.1. The molecule has 3 rings (SSSR count). The molecular formula is C60H97NO18. The average molecular weight is 1120 g/mol. The van der Waals surface area contributed by atoms with E-state index < -0.39 is 124 Å². The van der Waals surface area contributed by atoms with E-state index in [0.29, 0.717) is 12.8 Å². The molecule has 450 valence electrons. The Bertz CT molecular complexity index is 1870. The first-order valence-corrected chi connectivity index (χ1v) is 28.6. The molecule has 19 nitrogen and oxygen atoms in total. The molecule has 79 heavy (non-hydrogen) atoms. The smallest absolute Gasteiger partial charge is 0.220 e. The third kappa shape index (κ3) is 26.5. The summed E-state index contributed by atoms with van der Waals surface area (Å²) in [7, 11) is 0. The van der Waals surface area contributed by atoms with Gasteiger partial charge in [0, 0.05) is 6.42 Å². The first kappa shape index (κ1) is 69.7. The number of hydrogen-bond acceptors (Lipinski definition) is 18. The minimum atomic E-state index is -1.99. The second kappa shape index (κ2) is 42.3. The molecule has 0 saturated carbocycles. The summed E-state index contributed by atoms with van der Waals surface area (Å²) in [5, 5.41) is 120. The van der Waals surface area contributed by atoms with Crippen LogP contribution in [0.1, 0.15) is 129 Å². The lowest BCUT2D eigenvalue weighted by molar-refractivity contribution is -0.379. The first-order chi connectivity index (χ1) is 38.3. The third-order valence-electron chi connectivity index (χ3n) is 13.6. The highest BCUT2D eigenvalue weighted by molar-refractivity contribution is 5.76. The van der Waals surface area contributed by atoms with Crippen LogP contribution in [0.25, 0.3) is 0 Å². The Morgan fingerprint density at radius 3 is 1.42 bits per heavy atom. The molecule has 3 heterocycles. The number of nitrogens with one attached hydrogen (secondary N) is 1. The molecule has 0 aromatic rings. The highest BCUT2D eigenvalue weighted by atomic mass is 16.8. The molecule has 0 radical (unpaired) electrons. The standard InChI is InChI=1S/C60H97NO18/c1-3-5-7-9-11-13-14-15-16-17-18-19-20-21-22-23-24-25-26-27-28-30-32-34-36-38-48(66)61-43(44(65)37-35-33-31-29-12-10-8-6-4-2)42-74-58-54(72)51(69)56(46(40-63)76-58)79-60-55(73)52(70)57(47(41-64)77-60)78-59-53(71)50(68)49(67)45(39-62)75-59/h4-7,11-13,15-16,18-19,21-22,24-25,29,35,37,43-47,49-60,62-65,67-73H,3,8-10,14,17,20,23,26-28,30-34,36,38-42H2,1-2H3,(H,61,66)/b6-4+,7-5-,13-11-,16-15-,19-18-,22-21-,25-24-,29-12+,37-35+. The largest absolute Gasteiger partial charge is 0.394 e. The summed E-state index contributed by atoms with van der Waals surface area (Å²) >= 11 is 0. The zero-order valence-electron chi connectivity index (χ0n) is 46.5. The number of ether oxygens (including phenoxy) is 6. The van der Waals surface area contributed by atoms with Gasteiger partial charge in [-0.3, -0.25) is 4.79 Å². The van der Waals surface area contributed by atoms with Gasteiger partial charge in [0.05, 0.1) is 38.6 Å². The molecule has 1 amide bonds. The lowest BCUT2D eigenvalue weighted by Gasteiger charge is -2.48. The molecule has 3 fully saturated rings. The maximum atomic E-state index is 13.3. The van der Waals surface area contributed by atoms with E-state index in [0.717, 1.165) is 96.3 Å². The number of rotatable bonds is 39. The van der Waals surface area contributed by atoms with Gasteiger partial charge in [-0.1, -0.05) is 142 Å². The van der Waals surface area contributed by atoms with E-state index in [-0.39, 0.29) is 18.9 Å². The fraction of sp³-hybridized carbons (Fsp3) is 0.683. The van der Waals surface area contributed by atoms with Gasteiger partial charge in [0.15, 0.2) is 18.9 Å². The molecule has 12 N–H and O–H groups in total. The van der Waals surface area contributed by atoms with Crippen molar-refractivity contribution in [2.24, 2.45) is 0 Å². The molecule has 3 aliphatic heterocycles. The van der Waals surface area contributed by atoms with E-state index in [1.807, 2.05) is 13.0 Å². The van der Waals surface area contributed by atoms with E-state index in [9.17, 15) is 61.0 Å². The Balaban J connectivity index is 1.46. The molecule has 17 unspecified atom stereocenters. The predicted molar refractivity (Wildman–Crippen MR) is 300 cm³/mol. The Kier molecular flexibility index (Phi) is 37.3. The van der Waals surface area contributed by atoms with Gasteiger partial charge in [-0.2, -0.15) is 0 Å². The molecule has 0 aromatic carbocycles. The van der Waals surface area contributed by atoms with Gasteiger partial charge in [-0.15, -0.1) is 0 Å². The maximum Gasteiger partial charge on any atom is 0.220 e. The van der Waals surface area contributed by atoms with Crippen molar-refractivity contribution in [3.8, 4) is 0 Å². The highest BCUT2D eigenvalue weighted by Gasteiger charge is 2.53. The van der Waals surface area contributed by atoms with Crippen LogP contribution in [0.2, 0.25) is 0 Å². The van der Waals surface area contributed by atoms with E-state index in [4.69, 9.17) is 28.4 Å². The predicted octanol–water partition coefficient (Wildman–Crippen LogP) is 4.36. The summed E-state index contributed by atoms with van der Waals surface area (Å²) < 4.78 is 34.1. The molecule has 3 saturated heterocycles. The molecular weight excluding hydrogens is 1020 g/mol. The van der Waals surface area contributed by atoms with Gasteiger partial charge in [-0.05, 0) is 90.4 Å². The number of aliphatic hydroxyl groups is 11. The van der Waals surface area contributed by atoms with Crippen LogP contribution in [-0.2, 0) is 33.2 Å². The molecule has 0 aliphatic carbocycles. The summed E-state index contributed by atoms with van der Waals surface area (Å²) in [4.78, 5) is 13.3. The summed E-state index contributed by atoms with van der Waals surface area (Å²) in [6, 6.07) is -1.01. The molecule has 0 spiro atoms. The molecule has 0 bridgehead atoms. The molecule has 17 atom stereocenters. The Morgan fingerprint density at radius 2 is 0.899 bits per heavy atom. The quantitative estimate of drug-likeness (QED) is 0.0301. The lowest BCUT2D eigenvalue weighted by atomic mass is 9.96. The SMILES string of the molecule is C/C=C/CC/C=C/CC/C=C/C(O)C(COC1OC(CO)C(OC2OC(CO)C(OC3OC(CO)C(O)C(O)C3O)C(O)C2O)C(O)C1O)NC(=O)CCCCCCCC/C=C\C/C=C\C/C=C\C/C=C\C/C=C\C/C=C\CC. The monoisotopic (exact) mass is 1120 g/mol. The van der Waals surface area contributed by atoms with E-state index in [1.54, 1.807) is 12.2 Å². The second-order valence-corrected chi connectivity index (χ2v) is 20.0. The summed E-state index contributed by atoms with van der Waals surface area (Å²) in [6.07, 6.45) is 26.9. The first-order valence-electron chi connectivity index (χ1n) is 28.6. The van der Waals surface area contributed by atoms with Crippen LogP contribution >= 0.6 is 0 Å². The number of allylic oxidation sites excluding steroid dienone is 17. The van der Waals surface area contributed by atoms with Crippen molar-refractivity contribution in [1.82, 2.24) is 5.32 Å². The lowest BCUT2D eigenvalue weighted by Crippen LogP contribution is -2.66.